The minimum absolute atomic E-state index is 0.0837. The fraction of sp³-hybridized carbons (Fsp3) is 0.625. The molecule has 3 heteroatoms. The fourth-order valence-corrected chi connectivity index (χ4v) is 0.907. The second kappa shape index (κ2) is 3.53. The standard InChI is InChI=1S/C8H13NO2/c1-3-4-9(7(2)10)5-8-6-11-8/h3,8H,1,4-6H2,2H3. The Hall–Kier alpha value is -0.830. The summed E-state index contributed by atoms with van der Waals surface area (Å²) in [5, 5.41) is 0. The summed E-state index contributed by atoms with van der Waals surface area (Å²) in [7, 11) is 0. The molecule has 62 valence electrons. The van der Waals surface area contributed by atoms with Crippen molar-refractivity contribution in [3.05, 3.63) is 12.7 Å². The van der Waals surface area contributed by atoms with E-state index < -0.39 is 0 Å². The second-order valence-corrected chi connectivity index (χ2v) is 2.67. The van der Waals surface area contributed by atoms with Crippen LogP contribution in [0.2, 0.25) is 0 Å². The average Bonchev–Trinajstić information content (AvgIpc) is 2.70. The summed E-state index contributed by atoms with van der Waals surface area (Å²) >= 11 is 0. The van der Waals surface area contributed by atoms with Crippen LogP contribution in [-0.2, 0) is 9.53 Å². The van der Waals surface area contributed by atoms with E-state index in [0.717, 1.165) is 6.61 Å². The quantitative estimate of drug-likeness (QED) is 0.435. The summed E-state index contributed by atoms with van der Waals surface area (Å²) in [6, 6.07) is 0. The highest BCUT2D eigenvalue weighted by atomic mass is 16.6. The molecule has 1 atom stereocenters. The monoisotopic (exact) mass is 155 g/mol. The molecule has 0 aromatic rings. The predicted molar refractivity (Wildman–Crippen MR) is 42.2 cm³/mol. The molecule has 11 heavy (non-hydrogen) atoms. The van der Waals surface area contributed by atoms with Gasteiger partial charge in [0.05, 0.1) is 12.7 Å². The molecule has 0 radical (unpaired) electrons. The minimum atomic E-state index is 0.0837. The van der Waals surface area contributed by atoms with Crippen molar-refractivity contribution in [2.45, 2.75) is 13.0 Å². The van der Waals surface area contributed by atoms with Gasteiger partial charge < -0.3 is 9.64 Å². The molecule has 1 saturated heterocycles. The third kappa shape index (κ3) is 2.72. The van der Waals surface area contributed by atoms with Crippen molar-refractivity contribution in [1.29, 1.82) is 0 Å². The van der Waals surface area contributed by atoms with Gasteiger partial charge in [0, 0.05) is 20.0 Å². The molecule has 1 amide bonds. The van der Waals surface area contributed by atoms with Gasteiger partial charge in [-0.25, -0.2) is 0 Å². The van der Waals surface area contributed by atoms with Crippen molar-refractivity contribution in [1.82, 2.24) is 4.90 Å². The normalized spacial score (nSPS) is 21.0. The number of ether oxygens (including phenoxy) is 1. The van der Waals surface area contributed by atoms with Gasteiger partial charge in [0.15, 0.2) is 0 Å². The van der Waals surface area contributed by atoms with Gasteiger partial charge in [0.25, 0.3) is 0 Å². The first-order chi connectivity index (χ1) is 5.24. The van der Waals surface area contributed by atoms with Crippen LogP contribution < -0.4 is 0 Å². The van der Waals surface area contributed by atoms with E-state index in [2.05, 4.69) is 6.58 Å². The maximum absolute atomic E-state index is 10.9. The number of carbonyl (C=O) groups excluding carboxylic acids is 1. The number of carbonyl (C=O) groups is 1. The number of amides is 1. The van der Waals surface area contributed by atoms with Crippen LogP contribution in [-0.4, -0.2) is 36.6 Å². The Bertz CT molecular complexity index is 163. The molecular formula is C8H13NO2. The number of nitrogens with zero attached hydrogens (tertiary/aromatic N) is 1. The number of epoxide rings is 1. The molecule has 0 spiro atoms. The topological polar surface area (TPSA) is 32.8 Å². The van der Waals surface area contributed by atoms with Crippen LogP contribution in [0.25, 0.3) is 0 Å². The molecule has 3 nitrogen and oxygen atoms in total. The molecule has 0 N–H and O–H groups in total. The highest BCUT2D eigenvalue weighted by Crippen LogP contribution is 2.10. The largest absolute Gasteiger partial charge is 0.371 e. The molecule has 0 aromatic carbocycles. The highest BCUT2D eigenvalue weighted by molar-refractivity contribution is 5.73. The molecule has 1 aliphatic rings. The maximum Gasteiger partial charge on any atom is 0.219 e. The fourth-order valence-electron chi connectivity index (χ4n) is 0.907. The lowest BCUT2D eigenvalue weighted by atomic mass is 10.4. The molecule has 0 aromatic heterocycles. The lowest BCUT2D eigenvalue weighted by Gasteiger charge is -2.17. The summed E-state index contributed by atoms with van der Waals surface area (Å²) in [5.74, 6) is 0.0837. The van der Waals surface area contributed by atoms with Crippen LogP contribution in [0.5, 0.6) is 0 Å². The maximum atomic E-state index is 10.9. The van der Waals surface area contributed by atoms with Gasteiger partial charge in [-0.15, -0.1) is 6.58 Å². The first kappa shape index (κ1) is 8.27. The van der Waals surface area contributed by atoms with Crippen LogP contribution in [0, 0.1) is 0 Å². The lowest BCUT2D eigenvalue weighted by Crippen LogP contribution is -2.32. The van der Waals surface area contributed by atoms with E-state index in [-0.39, 0.29) is 12.0 Å². The van der Waals surface area contributed by atoms with E-state index >= 15 is 0 Å². The molecule has 1 aliphatic heterocycles. The van der Waals surface area contributed by atoms with Gasteiger partial charge in [-0.3, -0.25) is 4.79 Å². The number of hydrogen-bond acceptors (Lipinski definition) is 2. The van der Waals surface area contributed by atoms with E-state index in [9.17, 15) is 4.79 Å². The van der Waals surface area contributed by atoms with Gasteiger partial charge in [-0.2, -0.15) is 0 Å². The Morgan fingerprint density at radius 2 is 2.55 bits per heavy atom. The number of hydrogen-bond donors (Lipinski definition) is 0. The van der Waals surface area contributed by atoms with Gasteiger partial charge in [0.1, 0.15) is 0 Å². The zero-order valence-corrected chi connectivity index (χ0v) is 6.75. The van der Waals surface area contributed by atoms with Crippen molar-refractivity contribution >= 4 is 5.91 Å². The van der Waals surface area contributed by atoms with Crippen molar-refractivity contribution in [3.8, 4) is 0 Å². The summed E-state index contributed by atoms with van der Waals surface area (Å²) in [5.41, 5.74) is 0. The van der Waals surface area contributed by atoms with E-state index in [1.54, 1.807) is 17.9 Å². The summed E-state index contributed by atoms with van der Waals surface area (Å²) < 4.78 is 5.01. The Morgan fingerprint density at radius 3 is 2.91 bits per heavy atom. The van der Waals surface area contributed by atoms with E-state index in [1.165, 1.54) is 0 Å². The average molecular weight is 155 g/mol. The van der Waals surface area contributed by atoms with Gasteiger partial charge >= 0.3 is 0 Å². The summed E-state index contributed by atoms with van der Waals surface area (Å²) in [6.07, 6.45) is 2.00. The summed E-state index contributed by atoms with van der Waals surface area (Å²) in [6.45, 7) is 7.26. The van der Waals surface area contributed by atoms with Gasteiger partial charge in [-0.1, -0.05) is 6.08 Å². The molecule has 0 bridgehead atoms. The zero-order chi connectivity index (χ0) is 8.27. The van der Waals surface area contributed by atoms with Gasteiger partial charge in [-0.05, 0) is 0 Å². The van der Waals surface area contributed by atoms with E-state index in [4.69, 9.17) is 4.74 Å². The molecule has 1 heterocycles. The first-order valence-corrected chi connectivity index (χ1v) is 3.72. The van der Waals surface area contributed by atoms with Crippen molar-refractivity contribution in [3.63, 3.8) is 0 Å². The molecule has 1 rings (SSSR count). The Morgan fingerprint density at radius 1 is 1.91 bits per heavy atom. The van der Waals surface area contributed by atoms with E-state index in [0.29, 0.717) is 13.1 Å². The number of rotatable bonds is 4. The van der Waals surface area contributed by atoms with Crippen LogP contribution in [0.4, 0.5) is 0 Å². The molecule has 1 fully saturated rings. The lowest BCUT2D eigenvalue weighted by molar-refractivity contribution is -0.128. The Labute approximate surface area is 66.6 Å². The summed E-state index contributed by atoms with van der Waals surface area (Å²) in [4.78, 5) is 12.6. The molecule has 1 unspecified atom stereocenters. The zero-order valence-electron chi connectivity index (χ0n) is 6.75. The van der Waals surface area contributed by atoms with Crippen LogP contribution in [0.1, 0.15) is 6.92 Å². The highest BCUT2D eigenvalue weighted by Gasteiger charge is 2.25. The van der Waals surface area contributed by atoms with Crippen LogP contribution in [0.15, 0.2) is 12.7 Å². The molecule has 0 saturated carbocycles. The van der Waals surface area contributed by atoms with Crippen LogP contribution in [0.3, 0.4) is 0 Å². The first-order valence-electron chi connectivity index (χ1n) is 3.72. The SMILES string of the molecule is C=CCN(CC1CO1)C(C)=O. The van der Waals surface area contributed by atoms with Crippen LogP contribution >= 0.6 is 0 Å². The Balaban J connectivity index is 2.30. The van der Waals surface area contributed by atoms with Gasteiger partial charge in [0.2, 0.25) is 5.91 Å². The minimum Gasteiger partial charge on any atom is -0.371 e. The Kier molecular flexibility index (Phi) is 2.65. The third-order valence-corrected chi connectivity index (χ3v) is 1.62. The van der Waals surface area contributed by atoms with E-state index in [1.807, 2.05) is 0 Å². The molecule has 0 aliphatic carbocycles. The second-order valence-electron chi connectivity index (χ2n) is 2.67. The smallest absolute Gasteiger partial charge is 0.219 e. The van der Waals surface area contributed by atoms with Crippen molar-refractivity contribution in [2.24, 2.45) is 0 Å². The predicted octanol–water partition coefficient (Wildman–Crippen LogP) is 0.420. The third-order valence-electron chi connectivity index (χ3n) is 1.62. The molecular weight excluding hydrogens is 142 g/mol. The van der Waals surface area contributed by atoms with Crippen molar-refractivity contribution in [2.75, 3.05) is 19.7 Å². The van der Waals surface area contributed by atoms with Crippen molar-refractivity contribution < 1.29 is 9.53 Å².